The average molecular weight is 329 g/mol. The van der Waals surface area contributed by atoms with Crippen molar-refractivity contribution in [3.05, 3.63) is 40.8 Å². The van der Waals surface area contributed by atoms with Gasteiger partial charge in [-0.05, 0) is 6.07 Å². The van der Waals surface area contributed by atoms with Crippen molar-refractivity contribution in [2.75, 3.05) is 20.3 Å². The van der Waals surface area contributed by atoms with E-state index in [2.05, 4.69) is 15.7 Å². The van der Waals surface area contributed by atoms with Crippen LogP contribution in [-0.2, 0) is 18.5 Å². The van der Waals surface area contributed by atoms with Gasteiger partial charge < -0.3 is 19.9 Å². The van der Waals surface area contributed by atoms with Gasteiger partial charge in [0.25, 0.3) is 5.56 Å². The van der Waals surface area contributed by atoms with E-state index in [1.165, 1.54) is 4.68 Å². The number of aryl methyl sites for hydroxylation is 1. The molecule has 0 saturated carbocycles. The van der Waals surface area contributed by atoms with Crippen LogP contribution in [0.3, 0.4) is 0 Å². The van der Waals surface area contributed by atoms with Crippen LogP contribution >= 0.6 is 0 Å². The Morgan fingerprint density at radius 2 is 2.04 bits per heavy atom. The van der Waals surface area contributed by atoms with Gasteiger partial charge in [-0.1, -0.05) is 18.2 Å². The summed E-state index contributed by atoms with van der Waals surface area (Å²) in [5.74, 6) is 0. The number of aromatic nitrogens is 3. The zero-order valence-electron chi connectivity index (χ0n) is 13.6. The number of carbonyl (C=O) groups excluding carboxylic acids is 1. The first kappa shape index (κ1) is 16.0. The standard InChI is InChI=1S/C16H19N5O3/c1-20-13-6-4-3-5-11(13)12-9-19-21(15(22)14(12)20)10-18-16(23)17-7-8-24-2/h3-6,9H,7-8,10H2,1-2H3,(H2,17,18,23). The molecule has 8 heteroatoms. The number of urea groups is 1. The van der Waals surface area contributed by atoms with Crippen LogP contribution in [0.2, 0.25) is 0 Å². The molecule has 8 nitrogen and oxygen atoms in total. The molecule has 0 aliphatic rings. The lowest BCUT2D eigenvalue weighted by atomic mass is 10.2. The molecule has 0 aliphatic heterocycles. The van der Waals surface area contributed by atoms with E-state index in [4.69, 9.17) is 4.74 Å². The lowest BCUT2D eigenvalue weighted by Gasteiger charge is -2.08. The largest absolute Gasteiger partial charge is 0.383 e. The van der Waals surface area contributed by atoms with Gasteiger partial charge in [0, 0.05) is 37.0 Å². The highest BCUT2D eigenvalue weighted by Gasteiger charge is 2.13. The number of carbonyl (C=O) groups is 1. The van der Waals surface area contributed by atoms with Crippen LogP contribution in [0.1, 0.15) is 0 Å². The lowest BCUT2D eigenvalue weighted by molar-refractivity contribution is 0.195. The van der Waals surface area contributed by atoms with Crippen molar-refractivity contribution in [2.45, 2.75) is 6.67 Å². The molecule has 0 atom stereocenters. The van der Waals surface area contributed by atoms with Gasteiger partial charge in [-0.3, -0.25) is 4.79 Å². The molecule has 2 amide bonds. The second-order valence-corrected chi connectivity index (χ2v) is 5.37. The summed E-state index contributed by atoms with van der Waals surface area (Å²) in [5.41, 5.74) is 1.28. The number of nitrogens with one attached hydrogen (secondary N) is 2. The first-order valence-corrected chi connectivity index (χ1v) is 7.57. The van der Waals surface area contributed by atoms with Crippen molar-refractivity contribution in [2.24, 2.45) is 7.05 Å². The van der Waals surface area contributed by atoms with Gasteiger partial charge in [-0.15, -0.1) is 0 Å². The zero-order chi connectivity index (χ0) is 17.1. The van der Waals surface area contributed by atoms with Gasteiger partial charge in [0.05, 0.1) is 12.8 Å². The lowest BCUT2D eigenvalue weighted by Crippen LogP contribution is -2.40. The monoisotopic (exact) mass is 329 g/mol. The summed E-state index contributed by atoms with van der Waals surface area (Å²) in [4.78, 5) is 24.3. The van der Waals surface area contributed by atoms with Crippen molar-refractivity contribution in [3.63, 3.8) is 0 Å². The Balaban J connectivity index is 1.87. The SMILES string of the molecule is COCCNC(=O)NCn1ncc2c3ccccc3n(C)c2c1=O. The normalized spacial score (nSPS) is 11.1. The second kappa shape index (κ2) is 6.71. The molecule has 3 rings (SSSR count). The number of rotatable bonds is 5. The fraction of sp³-hybridized carbons (Fsp3) is 0.312. The molecule has 0 bridgehead atoms. The van der Waals surface area contributed by atoms with Crippen LogP contribution in [0.25, 0.3) is 21.8 Å². The molecule has 0 unspecified atom stereocenters. The smallest absolute Gasteiger partial charge is 0.316 e. The van der Waals surface area contributed by atoms with E-state index >= 15 is 0 Å². The van der Waals surface area contributed by atoms with Crippen molar-refractivity contribution in [1.82, 2.24) is 25.0 Å². The van der Waals surface area contributed by atoms with Gasteiger partial charge in [-0.2, -0.15) is 5.10 Å². The Morgan fingerprint density at radius 3 is 2.83 bits per heavy atom. The molecule has 2 N–H and O–H groups in total. The Bertz CT molecular complexity index is 944. The maximum Gasteiger partial charge on any atom is 0.316 e. The zero-order valence-corrected chi connectivity index (χ0v) is 13.6. The van der Waals surface area contributed by atoms with Gasteiger partial charge in [-0.25, -0.2) is 9.48 Å². The first-order valence-electron chi connectivity index (χ1n) is 7.57. The number of nitrogens with zero attached hydrogens (tertiary/aromatic N) is 3. The molecule has 24 heavy (non-hydrogen) atoms. The van der Waals surface area contributed by atoms with E-state index in [0.29, 0.717) is 18.7 Å². The highest BCUT2D eigenvalue weighted by Crippen LogP contribution is 2.24. The fourth-order valence-electron chi connectivity index (χ4n) is 2.70. The fourth-order valence-corrected chi connectivity index (χ4v) is 2.70. The number of ether oxygens (including phenoxy) is 1. The van der Waals surface area contributed by atoms with Gasteiger partial charge >= 0.3 is 6.03 Å². The summed E-state index contributed by atoms with van der Waals surface area (Å²) in [6, 6.07) is 7.40. The van der Waals surface area contributed by atoms with Crippen molar-refractivity contribution in [1.29, 1.82) is 0 Å². The topological polar surface area (TPSA) is 90.2 Å². The molecule has 0 aliphatic carbocycles. The minimum absolute atomic E-state index is 0.00485. The summed E-state index contributed by atoms with van der Waals surface area (Å²) < 4.78 is 7.94. The molecule has 2 aromatic heterocycles. The van der Waals surface area contributed by atoms with E-state index in [9.17, 15) is 9.59 Å². The van der Waals surface area contributed by atoms with Crippen LogP contribution in [0.15, 0.2) is 35.3 Å². The number of amides is 2. The third kappa shape index (κ3) is 2.83. The van der Waals surface area contributed by atoms with Gasteiger partial charge in [0.1, 0.15) is 12.2 Å². The predicted octanol–water partition coefficient (Wildman–Crippen LogP) is 0.791. The van der Waals surface area contributed by atoms with E-state index in [0.717, 1.165) is 16.3 Å². The minimum Gasteiger partial charge on any atom is -0.383 e. The molecular weight excluding hydrogens is 310 g/mol. The maximum absolute atomic E-state index is 12.7. The van der Waals surface area contributed by atoms with Crippen molar-refractivity contribution in [3.8, 4) is 0 Å². The maximum atomic E-state index is 12.7. The number of hydrogen-bond donors (Lipinski definition) is 2. The van der Waals surface area contributed by atoms with Crippen LogP contribution in [0.5, 0.6) is 0 Å². The number of methoxy groups -OCH3 is 1. The average Bonchev–Trinajstić information content (AvgIpc) is 2.88. The van der Waals surface area contributed by atoms with Gasteiger partial charge in [0.2, 0.25) is 0 Å². The summed E-state index contributed by atoms with van der Waals surface area (Å²) in [5, 5.41) is 11.2. The highest BCUT2D eigenvalue weighted by molar-refractivity contribution is 6.07. The predicted molar refractivity (Wildman–Crippen MR) is 90.9 cm³/mol. The van der Waals surface area contributed by atoms with Crippen molar-refractivity contribution >= 4 is 27.8 Å². The van der Waals surface area contributed by atoms with Crippen LogP contribution in [0.4, 0.5) is 4.79 Å². The number of benzene rings is 1. The molecule has 126 valence electrons. The number of hydrogen-bond acceptors (Lipinski definition) is 4. The quantitative estimate of drug-likeness (QED) is 0.677. The molecule has 1 aromatic carbocycles. The Hall–Kier alpha value is -2.87. The van der Waals surface area contributed by atoms with Crippen molar-refractivity contribution < 1.29 is 9.53 Å². The van der Waals surface area contributed by atoms with E-state index < -0.39 is 0 Å². The third-order valence-corrected chi connectivity index (χ3v) is 3.89. The molecule has 0 fully saturated rings. The Labute approximate surface area is 138 Å². The van der Waals surface area contributed by atoms with Gasteiger partial charge in [0.15, 0.2) is 0 Å². The van der Waals surface area contributed by atoms with E-state index in [-0.39, 0.29) is 18.3 Å². The highest BCUT2D eigenvalue weighted by atomic mass is 16.5. The van der Waals surface area contributed by atoms with Crippen LogP contribution in [0, 0.1) is 0 Å². The molecule has 0 radical (unpaired) electrons. The molecule has 3 aromatic rings. The third-order valence-electron chi connectivity index (χ3n) is 3.89. The molecular formula is C16H19N5O3. The Kier molecular flexibility index (Phi) is 4.48. The molecule has 0 saturated heterocycles. The van der Waals surface area contributed by atoms with E-state index in [1.807, 2.05) is 35.9 Å². The summed E-state index contributed by atoms with van der Waals surface area (Å²) in [7, 11) is 3.41. The molecule has 0 spiro atoms. The van der Waals surface area contributed by atoms with Crippen LogP contribution < -0.4 is 16.2 Å². The number of para-hydroxylation sites is 1. The first-order chi connectivity index (χ1) is 11.6. The number of fused-ring (bicyclic) bond motifs is 3. The Morgan fingerprint density at radius 1 is 1.25 bits per heavy atom. The summed E-state index contributed by atoms with van der Waals surface area (Å²) in [6.45, 7) is 0.815. The summed E-state index contributed by atoms with van der Waals surface area (Å²) >= 11 is 0. The summed E-state index contributed by atoms with van der Waals surface area (Å²) in [6.07, 6.45) is 1.66. The van der Waals surface area contributed by atoms with Crippen LogP contribution in [-0.4, -0.2) is 40.6 Å². The minimum atomic E-state index is -0.377. The van der Waals surface area contributed by atoms with E-state index in [1.54, 1.807) is 13.3 Å². The molecule has 2 heterocycles. The second-order valence-electron chi connectivity index (χ2n) is 5.37.